The van der Waals surface area contributed by atoms with E-state index in [-0.39, 0.29) is 11.5 Å². The van der Waals surface area contributed by atoms with Crippen molar-refractivity contribution in [3.05, 3.63) is 76.9 Å². The lowest BCUT2D eigenvalue weighted by molar-refractivity contribution is 0.0224. The molecule has 240 valence electrons. The standard InChI is InChI=1S/C35H42N2O5S3/c1-2-3-4-5-6-7-8-9-10-11-19-44-45-20-18-36-34(43)37-24-12-15-28-27(21-24)33(40)42-35(28)29-16-13-25(38)22-31(29)41-32-23-26(39)14-17-30(32)35/h12-17,21-23,38-39H,2-11,18-20H2,1H3,(H2,36,37,43). The average Bonchev–Trinajstić information content (AvgIpc) is 3.30. The molecule has 5 rings (SSSR count). The van der Waals surface area contributed by atoms with E-state index in [1.54, 1.807) is 18.2 Å². The van der Waals surface area contributed by atoms with Crippen molar-refractivity contribution in [1.29, 1.82) is 0 Å². The number of esters is 1. The molecule has 4 N–H and O–H groups in total. The Kier molecular flexibility index (Phi) is 11.8. The molecule has 0 aromatic heterocycles. The number of rotatable bonds is 16. The van der Waals surface area contributed by atoms with E-state index in [1.165, 1.54) is 94.2 Å². The van der Waals surface area contributed by atoms with Crippen LogP contribution in [0, 0.1) is 0 Å². The fourth-order valence-corrected chi connectivity index (χ4v) is 8.20. The summed E-state index contributed by atoms with van der Waals surface area (Å²) in [6, 6.07) is 14.9. The molecule has 2 aliphatic heterocycles. The van der Waals surface area contributed by atoms with Gasteiger partial charge in [-0.2, -0.15) is 0 Å². The maximum Gasteiger partial charge on any atom is 0.340 e. The summed E-state index contributed by atoms with van der Waals surface area (Å²) in [5.41, 5.74) is 1.62. The van der Waals surface area contributed by atoms with Crippen LogP contribution in [0.25, 0.3) is 0 Å². The second-order valence-electron chi connectivity index (χ2n) is 11.5. The van der Waals surface area contributed by atoms with Gasteiger partial charge >= 0.3 is 5.97 Å². The molecule has 3 aromatic rings. The van der Waals surface area contributed by atoms with Crippen LogP contribution < -0.4 is 15.4 Å². The predicted octanol–water partition coefficient (Wildman–Crippen LogP) is 9.25. The molecule has 0 aliphatic carbocycles. The zero-order chi connectivity index (χ0) is 31.6. The van der Waals surface area contributed by atoms with Gasteiger partial charge in [-0.25, -0.2) is 4.79 Å². The van der Waals surface area contributed by atoms with Gasteiger partial charge in [0.25, 0.3) is 0 Å². The second-order valence-corrected chi connectivity index (χ2v) is 14.6. The van der Waals surface area contributed by atoms with Crippen LogP contribution in [0.1, 0.15) is 98.2 Å². The molecular formula is C35H42N2O5S3. The van der Waals surface area contributed by atoms with Crippen molar-refractivity contribution in [3.8, 4) is 23.0 Å². The van der Waals surface area contributed by atoms with E-state index >= 15 is 0 Å². The lowest BCUT2D eigenvalue weighted by atomic mass is 9.77. The van der Waals surface area contributed by atoms with Crippen LogP contribution in [-0.2, 0) is 10.3 Å². The molecule has 3 aromatic carbocycles. The number of carbonyl (C=O) groups is 1. The lowest BCUT2D eigenvalue weighted by Crippen LogP contribution is -2.33. The van der Waals surface area contributed by atoms with Gasteiger partial charge in [-0.05, 0) is 55.0 Å². The van der Waals surface area contributed by atoms with E-state index in [0.29, 0.717) is 44.6 Å². The van der Waals surface area contributed by atoms with Crippen LogP contribution in [-0.4, -0.2) is 39.3 Å². The van der Waals surface area contributed by atoms with Crippen LogP contribution in [0.5, 0.6) is 23.0 Å². The topological polar surface area (TPSA) is 100 Å². The summed E-state index contributed by atoms with van der Waals surface area (Å²) in [6.45, 7) is 3.01. The summed E-state index contributed by atoms with van der Waals surface area (Å²) in [5.74, 6) is 2.37. The number of phenolic OH excluding ortho intramolecular Hbond substituents is 2. The number of anilines is 1. The number of nitrogens with one attached hydrogen (secondary N) is 2. The smallest absolute Gasteiger partial charge is 0.340 e. The number of hydrogen-bond acceptors (Lipinski definition) is 8. The molecule has 0 saturated carbocycles. The van der Waals surface area contributed by atoms with Crippen LogP contribution >= 0.6 is 33.8 Å². The molecule has 45 heavy (non-hydrogen) atoms. The number of aromatic hydroxyl groups is 2. The van der Waals surface area contributed by atoms with Gasteiger partial charge in [-0.1, -0.05) is 92.4 Å². The number of unbranched alkanes of at least 4 members (excludes halogenated alkanes) is 9. The highest BCUT2D eigenvalue weighted by molar-refractivity contribution is 8.76. The normalized spacial score (nSPS) is 13.8. The maximum absolute atomic E-state index is 13.3. The summed E-state index contributed by atoms with van der Waals surface area (Å²) >= 11 is 5.52. The third-order valence-electron chi connectivity index (χ3n) is 8.17. The molecule has 0 amide bonds. The van der Waals surface area contributed by atoms with Crippen molar-refractivity contribution in [2.45, 2.75) is 76.7 Å². The highest BCUT2D eigenvalue weighted by Gasteiger charge is 2.53. The highest BCUT2D eigenvalue weighted by atomic mass is 33.1. The van der Waals surface area contributed by atoms with Gasteiger partial charge < -0.3 is 30.3 Å². The third kappa shape index (κ3) is 8.02. The molecular weight excluding hydrogens is 625 g/mol. The Labute approximate surface area is 279 Å². The first-order valence-corrected chi connectivity index (χ1v) is 18.8. The van der Waals surface area contributed by atoms with Crippen molar-refractivity contribution in [3.63, 3.8) is 0 Å². The average molecular weight is 667 g/mol. The minimum atomic E-state index is -1.28. The quantitative estimate of drug-likeness (QED) is 0.0512. The van der Waals surface area contributed by atoms with E-state index in [1.807, 2.05) is 33.7 Å². The van der Waals surface area contributed by atoms with Gasteiger partial charge in [-0.3, -0.25) is 0 Å². The van der Waals surface area contributed by atoms with Crippen molar-refractivity contribution < 1.29 is 24.5 Å². The van der Waals surface area contributed by atoms with Gasteiger partial charge in [0.2, 0.25) is 0 Å². The molecule has 0 saturated heterocycles. The number of benzene rings is 3. The van der Waals surface area contributed by atoms with Crippen LogP contribution in [0.2, 0.25) is 0 Å². The fraction of sp³-hybridized carbons (Fsp3) is 0.429. The number of carbonyl (C=O) groups excluding carboxylic acids is 1. The van der Waals surface area contributed by atoms with E-state index < -0.39 is 11.6 Å². The van der Waals surface area contributed by atoms with Crippen molar-refractivity contribution >= 4 is 50.6 Å². The minimum Gasteiger partial charge on any atom is -0.508 e. The first-order valence-electron chi connectivity index (χ1n) is 15.9. The zero-order valence-electron chi connectivity index (χ0n) is 25.7. The molecule has 0 bridgehead atoms. The third-order valence-corrected chi connectivity index (χ3v) is 10.9. The van der Waals surface area contributed by atoms with E-state index in [0.717, 1.165) is 12.3 Å². The summed E-state index contributed by atoms with van der Waals surface area (Å²) in [4.78, 5) is 13.3. The SMILES string of the molecule is CCCCCCCCCCCCSSCCNC(=S)Nc1ccc2c(c1)C(=O)OC21c2ccc(O)cc2Oc2cc(O)ccc21. The van der Waals surface area contributed by atoms with Crippen molar-refractivity contribution in [1.82, 2.24) is 5.32 Å². The molecule has 0 radical (unpaired) electrons. The number of phenols is 2. The number of ether oxygens (including phenoxy) is 2. The Morgan fingerprint density at radius 3 is 2.00 bits per heavy atom. The first-order chi connectivity index (χ1) is 21.9. The number of thiocarbonyl (C=S) groups is 1. The first kappa shape index (κ1) is 33.3. The Morgan fingerprint density at radius 1 is 0.778 bits per heavy atom. The van der Waals surface area contributed by atoms with Gasteiger partial charge in [0.15, 0.2) is 10.7 Å². The summed E-state index contributed by atoms with van der Waals surface area (Å²) in [7, 11) is 3.79. The Hall–Kier alpha value is -3.08. The Morgan fingerprint density at radius 2 is 1.36 bits per heavy atom. The summed E-state index contributed by atoms with van der Waals surface area (Å²) in [6.07, 6.45) is 13.6. The molecule has 2 aliphatic rings. The van der Waals surface area contributed by atoms with Crippen LogP contribution in [0.4, 0.5) is 5.69 Å². The maximum atomic E-state index is 13.3. The molecule has 0 fully saturated rings. The Balaban J connectivity index is 1.09. The largest absolute Gasteiger partial charge is 0.508 e. The van der Waals surface area contributed by atoms with Crippen molar-refractivity contribution in [2.75, 3.05) is 23.4 Å². The molecule has 0 atom stereocenters. The molecule has 10 heteroatoms. The van der Waals surface area contributed by atoms with Crippen LogP contribution in [0.3, 0.4) is 0 Å². The number of hydrogen-bond donors (Lipinski definition) is 4. The van der Waals surface area contributed by atoms with Gasteiger partial charge in [0, 0.05) is 52.6 Å². The van der Waals surface area contributed by atoms with E-state index in [9.17, 15) is 15.0 Å². The molecule has 7 nitrogen and oxygen atoms in total. The van der Waals surface area contributed by atoms with Gasteiger partial charge in [0.1, 0.15) is 23.0 Å². The Bertz CT molecular complexity index is 1450. The van der Waals surface area contributed by atoms with Gasteiger partial charge in [0.05, 0.1) is 5.56 Å². The van der Waals surface area contributed by atoms with E-state index in [2.05, 4.69) is 17.6 Å². The minimum absolute atomic E-state index is 0.0173. The second kappa shape index (κ2) is 16.0. The molecule has 1 spiro atoms. The summed E-state index contributed by atoms with van der Waals surface area (Å²) in [5, 5.41) is 27.1. The summed E-state index contributed by atoms with van der Waals surface area (Å²) < 4.78 is 12.2. The molecule has 0 unspecified atom stereocenters. The monoisotopic (exact) mass is 666 g/mol. The highest BCUT2D eigenvalue weighted by Crippen LogP contribution is 2.57. The number of fused-ring (bicyclic) bond motifs is 6. The predicted molar refractivity (Wildman–Crippen MR) is 189 cm³/mol. The zero-order valence-corrected chi connectivity index (χ0v) is 28.2. The van der Waals surface area contributed by atoms with Crippen molar-refractivity contribution in [2.24, 2.45) is 0 Å². The van der Waals surface area contributed by atoms with Gasteiger partial charge in [-0.15, -0.1) is 0 Å². The lowest BCUT2D eigenvalue weighted by Gasteiger charge is -2.36. The van der Waals surface area contributed by atoms with E-state index in [4.69, 9.17) is 21.7 Å². The van der Waals surface area contributed by atoms with Crippen LogP contribution in [0.15, 0.2) is 54.6 Å². The molecule has 2 heterocycles. The fourth-order valence-electron chi connectivity index (χ4n) is 5.93.